The van der Waals surface area contributed by atoms with E-state index >= 15 is 4.79 Å². The molecule has 12 heteroatoms. The van der Waals surface area contributed by atoms with Crippen LogP contribution in [0.3, 0.4) is 0 Å². The molecule has 0 spiro atoms. The molecule has 1 amide bonds. The van der Waals surface area contributed by atoms with Crippen molar-refractivity contribution in [2.45, 2.75) is 75.8 Å². The van der Waals surface area contributed by atoms with Gasteiger partial charge < -0.3 is 34.2 Å². The van der Waals surface area contributed by atoms with Gasteiger partial charge in [-0.1, -0.05) is 60.5 Å². The Balaban J connectivity index is 1.45. The SMILES string of the molecule is C=CCOC12Oc3ccc(OCc4ccccc4F)cc3C3C(CCCCO)C(CCCCO)C=C(C(=NOC)CC1N(Cc1ccc(F)cc1)C(=O)c1ccc(C#N)cc1)C32. The van der Waals surface area contributed by atoms with Crippen LogP contribution in [0.5, 0.6) is 11.5 Å². The monoisotopic (exact) mass is 845 g/mol. The van der Waals surface area contributed by atoms with Crippen LogP contribution < -0.4 is 9.47 Å². The molecule has 0 aromatic heterocycles. The van der Waals surface area contributed by atoms with Gasteiger partial charge in [0.25, 0.3) is 5.91 Å². The van der Waals surface area contributed by atoms with Gasteiger partial charge in [0.05, 0.1) is 29.9 Å². The molecule has 4 aromatic carbocycles. The van der Waals surface area contributed by atoms with E-state index in [2.05, 4.69) is 23.9 Å². The Kier molecular flexibility index (Phi) is 14.5. The summed E-state index contributed by atoms with van der Waals surface area (Å²) in [6.07, 6.45) is 8.30. The zero-order valence-corrected chi connectivity index (χ0v) is 34.9. The third-order valence-corrected chi connectivity index (χ3v) is 12.4. The maximum Gasteiger partial charge on any atom is 0.254 e. The van der Waals surface area contributed by atoms with Crippen molar-refractivity contribution in [2.75, 3.05) is 26.9 Å². The van der Waals surface area contributed by atoms with Crippen molar-refractivity contribution in [2.24, 2.45) is 22.9 Å². The summed E-state index contributed by atoms with van der Waals surface area (Å²) < 4.78 is 49.7. The number of hydrogen-bond acceptors (Lipinski definition) is 9. The second-order valence-electron chi connectivity index (χ2n) is 16.1. The number of ether oxygens (including phenoxy) is 3. The Hall–Kier alpha value is -5.87. The summed E-state index contributed by atoms with van der Waals surface area (Å²) in [5.74, 6) is -2.57. The summed E-state index contributed by atoms with van der Waals surface area (Å²) in [7, 11) is 1.49. The number of halogens is 2. The van der Waals surface area contributed by atoms with Crippen LogP contribution in [0.15, 0.2) is 120 Å². The minimum absolute atomic E-state index is 0.00415. The summed E-state index contributed by atoms with van der Waals surface area (Å²) >= 11 is 0. The zero-order chi connectivity index (χ0) is 43.6. The van der Waals surface area contributed by atoms with Crippen molar-refractivity contribution in [1.82, 2.24) is 4.90 Å². The third kappa shape index (κ3) is 9.31. The lowest BCUT2D eigenvalue weighted by Gasteiger charge is -2.60. The van der Waals surface area contributed by atoms with Crippen LogP contribution in [0, 0.1) is 40.7 Å². The van der Waals surface area contributed by atoms with Crippen LogP contribution in [0.1, 0.15) is 83.5 Å². The molecule has 1 aliphatic heterocycles. The summed E-state index contributed by atoms with van der Waals surface area (Å²) in [5, 5.41) is 34.0. The highest BCUT2D eigenvalue weighted by molar-refractivity contribution is 6.03. The fourth-order valence-electron chi connectivity index (χ4n) is 9.59. The van der Waals surface area contributed by atoms with Crippen molar-refractivity contribution in [3.63, 3.8) is 0 Å². The van der Waals surface area contributed by atoms with Crippen molar-refractivity contribution in [3.8, 4) is 17.6 Å². The van der Waals surface area contributed by atoms with Gasteiger partial charge in [0.15, 0.2) is 0 Å². The Morgan fingerprint density at radius 1 is 1.00 bits per heavy atom. The van der Waals surface area contributed by atoms with E-state index < -0.39 is 23.6 Å². The summed E-state index contributed by atoms with van der Waals surface area (Å²) in [5.41, 5.74) is 4.13. The van der Waals surface area contributed by atoms with Gasteiger partial charge in [-0.3, -0.25) is 4.79 Å². The first-order valence-electron chi connectivity index (χ1n) is 21.3. The number of allylic oxidation sites excluding steroid dienone is 1. The molecule has 1 fully saturated rings. The van der Waals surface area contributed by atoms with Gasteiger partial charge in [0.2, 0.25) is 5.79 Å². The molecular weight excluding hydrogens is 793 g/mol. The van der Waals surface area contributed by atoms with Gasteiger partial charge in [0, 0.05) is 48.8 Å². The smallest absolute Gasteiger partial charge is 0.254 e. The van der Waals surface area contributed by atoms with E-state index in [1.54, 1.807) is 71.6 Å². The van der Waals surface area contributed by atoms with Crippen molar-refractivity contribution >= 4 is 11.6 Å². The number of benzene rings is 4. The van der Waals surface area contributed by atoms with Gasteiger partial charge in [-0.05, 0) is 109 Å². The van der Waals surface area contributed by atoms with E-state index in [9.17, 15) is 24.3 Å². The van der Waals surface area contributed by atoms with Gasteiger partial charge in [-0.25, -0.2) is 8.78 Å². The first-order chi connectivity index (χ1) is 30.2. The lowest BCUT2D eigenvalue weighted by molar-refractivity contribution is -0.255. The molecule has 0 radical (unpaired) electrons. The predicted octanol–water partition coefficient (Wildman–Crippen LogP) is 9.02. The molecule has 324 valence electrons. The van der Waals surface area contributed by atoms with Crippen LogP contribution in [0.4, 0.5) is 8.78 Å². The molecule has 2 aliphatic carbocycles. The Bertz CT molecular complexity index is 2290. The molecule has 3 aliphatic rings. The lowest BCUT2D eigenvalue weighted by atomic mass is 9.55. The number of oxime groups is 1. The maximum absolute atomic E-state index is 15.1. The number of fused-ring (bicyclic) bond motifs is 2. The lowest BCUT2D eigenvalue weighted by Crippen LogP contribution is -2.70. The van der Waals surface area contributed by atoms with E-state index in [4.69, 9.17) is 19.0 Å². The number of rotatable bonds is 19. The average molecular weight is 846 g/mol. The number of unbranched alkanes of at least 4 members (excludes halogenated alkanes) is 2. The van der Waals surface area contributed by atoms with Gasteiger partial charge >= 0.3 is 0 Å². The van der Waals surface area contributed by atoms with Crippen LogP contribution in [0.25, 0.3) is 0 Å². The fraction of sp³-hybridized carbons (Fsp3) is 0.380. The highest BCUT2D eigenvalue weighted by Gasteiger charge is 2.65. The zero-order valence-electron chi connectivity index (χ0n) is 34.9. The standard InChI is InChI=1S/C50H53F2N3O7/c1-3-26-61-50-46(55(31-34-16-20-38(51)21-17-34)49(58)35-18-14-33(30-53)15-19-35)29-44(54-59-2)41-27-36(10-6-8-24-56)40(12-7-9-25-57)47(48(41)50)42-28-39(22-23-45(42)62-50)60-32-37-11-4-5-13-43(37)52/h3-5,11,13-23,27-28,36,40,46-48,56-57H,1,6-10,12,24-26,29,31-32H2,2H3. The molecule has 0 saturated heterocycles. The number of carbonyl (C=O) groups excluding carboxylic acids is 1. The number of carbonyl (C=O) groups is 1. The predicted molar refractivity (Wildman–Crippen MR) is 230 cm³/mol. The Labute approximate surface area is 361 Å². The van der Waals surface area contributed by atoms with Crippen LogP contribution in [-0.4, -0.2) is 65.5 Å². The molecule has 62 heavy (non-hydrogen) atoms. The number of aliphatic hydroxyl groups excluding tert-OH is 2. The van der Waals surface area contributed by atoms with E-state index in [0.717, 1.165) is 36.8 Å². The number of aliphatic hydroxyl groups is 2. The average Bonchev–Trinajstić information content (AvgIpc) is 3.29. The fourth-order valence-corrected chi connectivity index (χ4v) is 9.59. The number of amides is 1. The minimum Gasteiger partial charge on any atom is -0.489 e. The van der Waals surface area contributed by atoms with Crippen LogP contribution in [-0.2, 0) is 22.7 Å². The van der Waals surface area contributed by atoms with Crippen LogP contribution in [0.2, 0.25) is 0 Å². The quantitative estimate of drug-likeness (QED) is 0.0543. The number of nitriles is 1. The van der Waals surface area contributed by atoms with Crippen molar-refractivity contribution in [3.05, 3.63) is 155 Å². The minimum atomic E-state index is -1.55. The molecule has 6 unspecified atom stereocenters. The molecule has 7 rings (SSSR count). The molecule has 1 saturated carbocycles. The number of hydrogen-bond donors (Lipinski definition) is 2. The topological polar surface area (TPSA) is 134 Å². The summed E-state index contributed by atoms with van der Waals surface area (Å²) in [6, 6.07) is 25.7. The van der Waals surface area contributed by atoms with Crippen molar-refractivity contribution < 1.29 is 42.8 Å². The van der Waals surface area contributed by atoms with E-state index in [0.29, 0.717) is 52.3 Å². The van der Waals surface area contributed by atoms with E-state index in [1.165, 1.54) is 25.3 Å². The van der Waals surface area contributed by atoms with Crippen LogP contribution >= 0.6 is 0 Å². The first-order valence-corrected chi connectivity index (χ1v) is 21.3. The van der Waals surface area contributed by atoms with Gasteiger partial charge in [-0.15, -0.1) is 6.58 Å². The summed E-state index contributed by atoms with van der Waals surface area (Å²) in [6.45, 7) is 4.22. The number of nitrogens with zero attached hydrogens (tertiary/aromatic N) is 3. The first kappa shape index (κ1) is 44.2. The van der Waals surface area contributed by atoms with Crippen molar-refractivity contribution in [1.29, 1.82) is 5.26 Å². The maximum atomic E-state index is 15.1. The largest absolute Gasteiger partial charge is 0.489 e. The molecule has 1 heterocycles. The van der Waals surface area contributed by atoms with E-state index in [1.807, 2.05) is 12.1 Å². The molecule has 6 atom stereocenters. The Morgan fingerprint density at radius 3 is 2.44 bits per heavy atom. The third-order valence-electron chi connectivity index (χ3n) is 12.4. The molecule has 0 bridgehead atoms. The summed E-state index contributed by atoms with van der Waals surface area (Å²) in [4.78, 5) is 22.4. The highest BCUT2D eigenvalue weighted by Crippen LogP contribution is 2.62. The highest BCUT2D eigenvalue weighted by atomic mass is 19.1. The van der Waals surface area contributed by atoms with Gasteiger partial charge in [-0.2, -0.15) is 5.26 Å². The molecule has 10 nitrogen and oxygen atoms in total. The second kappa shape index (κ2) is 20.3. The Morgan fingerprint density at radius 2 is 1.74 bits per heavy atom. The second-order valence-corrected chi connectivity index (χ2v) is 16.1. The molecule has 2 N–H and O–H groups in total. The molecule has 4 aromatic rings. The van der Waals surface area contributed by atoms with Gasteiger partial charge in [0.1, 0.15) is 42.9 Å². The van der Waals surface area contributed by atoms with E-state index in [-0.39, 0.29) is 68.9 Å². The normalized spacial score (nSPS) is 22.9. The molecular formula is C50H53F2N3O7.